The van der Waals surface area contributed by atoms with E-state index in [1.54, 1.807) is 12.1 Å². The van der Waals surface area contributed by atoms with Gasteiger partial charge in [-0.25, -0.2) is 13.8 Å². The summed E-state index contributed by atoms with van der Waals surface area (Å²) in [6, 6.07) is 10.3. The summed E-state index contributed by atoms with van der Waals surface area (Å²) in [5, 5.41) is 19.3. The summed E-state index contributed by atoms with van der Waals surface area (Å²) in [7, 11) is 0. The van der Waals surface area contributed by atoms with Gasteiger partial charge in [0.05, 0.1) is 0 Å². The van der Waals surface area contributed by atoms with Crippen molar-refractivity contribution in [1.29, 1.82) is 5.26 Å². The molecule has 0 aliphatic heterocycles. The molecule has 2 aliphatic rings. The van der Waals surface area contributed by atoms with E-state index in [9.17, 15) is 18.7 Å². The molecule has 1 atom stereocenters. The van der Waals surface area contributed by atoms with Gasteiger partial charge in [0, 0.05) is 23.6 Å². The second kappa shape index (κ2) is 7.57. The summed E-state index contributed by atoms with van der Waals surface area (Å²) in [6.45, 7) is 0. The number of aromatic nitrogens is 1. The van der Waals surface area contributed by atoms with Crippen LogP contribution in [0.4, 0.5) is 17.6 Å². The zero-order valence-corrected chi connectivity index (χ0v) is 16.3. The van der Waals surface area contributed by atoms with Crippen LogP contribution in [0.25, 0.3) is 0 Å². The number of pyridine rings is 1. The van der Waals surface area contributed by atoms with Gasteiger partial charge >= 0.3 is 5.92 Å². The van der Waals surface area contributed by atoms with E-state index in [4.69, 9.17) is 5.26 Å². The lowest BCUT2D eigenvalue weighted by Crippen LogP contribution is -2.33. The summed E-state index contributed by atoms with van der Waals surface area (Å²) in [4.78, 5) is 16.5. The predicted octanol–water partition coefficient (Wildman–Crippen LogP) is 4.42. The van der Waals surface area contributed by atoms with Crippen molar-refractivity contribution in [2.24, 2.45) is 5.92 Å². The summed E-state index contributed by atoms with van der Waals surface area (Å²) in [6.07, 6.45) is -1.23. The van der Waals surface area contributed by atoms with E-state index in [2.05, 4.69) is 4.98 Å². The van der Waals surface area contributed by atoms with E-state index in [1.807, 2.05) is 6.07 Å². The van der Waals surface area contributed by atoms with Crippen molar-refractivity contribution in [2.45, 2.75) is 43.6 Å². The van der Waals surface area contributed by atoms with Crippen molar-refractivity contribution in [2.75, 3.05) is 0 Å². The molecule has 160 valence electrons. The van der Waals surface area contributed by atoms with Crippen LogP contribution in [0.1, 0.15) is 47.0 Å². The van der Waals surface area contributed by atoms with Crippen LogP contribution < -0.4 is 0 Å². The number of nitriles is 1. The maximum absolute atomic E-state index is 15.1. The molecular formula is C23H18F4N2O2. The fourth-order valence-electron chi connectivity index (χ4n) is 3.96. The van der Waals surface area contributed by atoms with Crippen molar-refractivity contribution in [3.05, 3.63) is 76.1 Å². The highest BCUT2D eigenvalue weighted by Gasteiger charge is 2.55. The molecule has 4 nitrogen and oxygen atoms in total. The zero-order valence-electron chi connectivity index (χ0n) is 16.3. The van der Waals surface area contributed by atoms with Crippen LogP contribution in [0.2, 0.25) is 0 Å². The monoisotopic (exact) mass is 430 g/mol. The Labute approximate surface area is 175 Å². The topological polar surface area (TPSA) is 74.0 Å². The first-order valence-corrected chi connectivity index (χ1v) is 9.80. The SMILES string of the molecule is N#Cc1cccc(CC2=CC(=O)C(F)(F)c3c(cccc3C(O)C(F)(F)C3CC3)C2)n1. The third-order valence-corrected chi connectivity index (χ3v) is 5.67. The number of carbonyl (C=O) groups is 1. The Morgan fingerprint density at radius 2 is 1.94 bits per heavy atom. The molecule has 0 radical (unpaired) electrons. The molecule has 8 heteroatoms. The van der Waals surface area contributed by atoms with Gasteiger partial charge in [-0.15, -0.1) is 0 Å². The highest BCUT2D eigenvalue weighted by atomic mass is 19.3. The van der Waals surface area contributed by atoms with Gasteiger partial charge in [-0.3, -0.25) is 4.79 Å². The molecule has 1 aromatic carbocycles. The lowest BCUT2D eigenvalue weighted by Gasteiger charge is -2.27. The second-order valence-electron chi connectivity index (χ2n) is 7.95. The molecule has 2 aliphatic carbocycles. The van der Waals surface area contributed by atoms with E-state index in [-0.39, 0.29) is 36.9 Å². The van der Waals surface area contributed by atoms with Crippen molar-refractivity contribution in [1.82, 2.24) is 4.98 Å². The maximum atomic E-state index is 15.1. The first-order valence-electron chi connectivity index (χ1n) is 9.80. The Bertz CT molecular complexity index is 1120. The summed E-state index contributed by atoms with van der Waals surface area (Å²) < 4.78 is 59.2. The maximum Gasteiger partial charge on any atom is 0.334 e. The zero-order chi connectivity index (χ0) is 22.4. The highest BCUT2D eigenvalue weighted by Crippen LogP contribution is 2.52. The van der Waals surface area contributed by atoms with E-state index in [0.29, 0.717) is 11.3 Å². The summed E-state index contributed by atoms with van der Waals surface area (Å²) >= 11 is 0. The van der Waals surface area contributed by atoms with Crippen LogP contribution in [-0.4, -0.2) is 21.8 Å². The van der Waals surface area contributed by atoms with Crippen LogP contribution in [0.15, 0.2) is 48.0 Å². The summed E-state index contributed by atoms with van der Waals surface area (Å²) in [5.74, 6) is -10.2. The molecule has 1 heterocycles. The number of aliphatic hydroxyl groups excluding tert-OH is 1. The molecule has 2 aromatic rings. The quantitative estimate of drug-likeness (QED) is 0.713. The molecule has 0 spiro atoms. The van der Waals surface area contributed by atoms with Crippen molar-refractivity contribution < 1.29 is 27.5 Å². The number of hydrogen-bond donors (Lipinski definition) is 1. The van der Waals surface area contributed by atoms with Gasteiger partial charge in [0.25, 0.3) is 5.92 Å². The van der Waals surface area contributed by atoms with Gasteiger partial charge in [-0.1, -0.05) is 29.8 Å². The van der Waals surface area contributed by atoms with Crippen LogP contribution in [0.3, 0.4) is 0 Å². The van der Waals surface area contributed by atoms with Crippen LogP contribution >= 0.6 is 0 Å². The number of rotatable bonds is 5. The molecule has 1 unspecified atom stereocenters. The minimum Gasteiger partial charge on any atom is -0.382 e. The molecular weight excluding hydrogens is 412 g/mol. The Balaban J connectivity index is 1.74. The van der Waals surface area contributed by atoms with Crippen molar-refractivity contribution in [3.63, 3.8) is 0 Å². The lowest BCUT2D eigenvalue weighted by molar-refractivity contribution is -0.141. The Hall–Kier alpha value is -3.05. The molecule has 0 bridgehead atoms. The van der Waals surface area contributed by atoms with Gasteiger partial charge < -0.3 is 5.11 Å². The van der Waals surface area contributed by atoms with E-state index in [0.717, 1.165) is 12.1 Å². The number of allylic oxidation sites excluding steroid dienone is 2. The van der Waals surface area contributed by atoms with Gasteiger partial charge in [0.1, 0.15) is 17.9 Å². The number of carbonyl (C=O) groups excluding carboxylic acids is 1. The average molecular weight is 430 g/mol. The van der Waals surface area contributed by atoms with Crippen molar-refractivity contribution in [3.8, 4) is 6.07 Å². The van der Waals surface area contributed by atoms with Crippen molar-refractivity contribution >= 4 is 5.78 Å². The minimum absolute atomic E-state index is 0.00156. The Kier molecular flexibility index (Phi) is 5.18. The smallest absolute Gasteiger partial charge is 0.334 e. The fraction of sp³-hybridized carbons (Fsp3) is 0.348. The number of halogens is 4. The number of hydrogen-bond acceptors (Lipinski definition) is 4. The number of benzene rings is 1. The fourth-order valence-corrected chi connectivity index (χ4v) is 3.96. The van der Waals surface area contributed by atoms with Gasteiger partial charge in [-0.2, -0.15) is 14.0 Å². The molecule has 31 heavy (non-hydrogen) atoms. The molecule has 1 aromatic heterocycles. The molecule has 1 N–H and O–H groups in total. The van der Waals surface area contributed by atoms with Gasteiger partial charge in [0.15, 0.2) is 0 Å². The number of fused-ring (bicyclic) bond motifs is 1. The third-order valence-electron chi connectivity index (χ3n) is 5.67. The first-order chi connectivity index (χ1) is 14.6. The third kappa shape index (κ3) is 3.86. The molecule has 4 rings (SSSR count). The lowest BCUT2D eigenvalue weighted by atomic mass is 9.87. The second-order valence-corrected chi connectivity index (χ2v) is 7.95. The predicted molar refractivity (Wildman–Crippen MR) is 102 cm³/mol. The molecule has 1 saturated carbocycles. The van der Waals surface area contributed by atoms with Crippen LogP contribution in [0, 0.1) is 17.2 Å². The minimum atomic E-state index is -4.06. The standard InChI is InChI=1S/C23H18F4N2O2/c24-22(25,15-7-8-15)21(31)18-6-1-3-14-9-13(11-19(30)23(26,27)20(14)18)10-16-4-2-5-17(12-28)29-16/h1-6,11,15,21,31H,7-10H2. The number of alkyl halides is 4. The van der Waals surface area contributed by atoms with E-state index < -0.39 is 40.8 Å². The number of nitrogens with zero attached hydrogens (tertiary/aromatic N) is 2. The van der Waals surface area contributed by atoms with E-state index >= 15 is 8.78 Å². The largest absolute Gasteiger partial charge is 0.382 e. The van der Waals surface area contributed by atoms with Crippen LogP contribution in [-0.2, 0) is 23.6 Å². The van der Waals surface area contributed by atoms with Gasteiger partial charge in [0.2, 0.25) is 5.78 Å². The molecule has 0 amide bonds. The number of ketones is 1. The Morgan fingerprint density at radius 3 is 2.61 bits per heavy atom. The molecule has 1 fully saturated rings. The molecule has 0 saturated heterocycles. The normalized spacial score (nSPS) is 19.1. The average Bonchev–Trinajstić information content (AvgIpc) is 3.58. The Morgan fingerprint density at radius 1 is 1.23 bits per heavy atom. The number of aliphatic hydroxyl groups is 1. The van der Waals surface area contributed by atoms with Gasteiger partial charge in [-0.05, 0) is 48.6 Å². The first kappa shape index (κ1) is 21.2. The highest BCUT2D eigenvalue weighted by molar-refractivity contribution is 5.98. The van der Waals surface area contributed by atoms with Crippen LogP contribution in [0.5, 0.6) is 0 Å². The van der Waals surface area contributed by atoms with E-state index in [1.165, 1.54) is 18.2 Å². The summed E-state index contributed by atoms with van der Waals surface area (Å²) in [5.41, 5.74) is -0.587.